The highest BCUT2D eigenvalue weighted by Crippen LogP contribution is 2.38. The number of anilines is 1. The van der Waals surface area contributed by atoms with Crippen LogP contribution in [0.3, 0.4) is 0 Å². The molecule has 0 saturated carbocycles. The number of ether oxygens (including phenoxy) is 2. The Kier molecular flexibility index (Phi) is 5.58. The van der Waals surface area contributed by atoms with E-state index in [1.54, 1.807) is 25.4 Å². The van der Waals surface area contributed by atoms with E-state index in [0.717, 1.165) is 28.0 Å². The molecule has 0 radical (unpaired) electrons. The van der Waals surface area contributed by atoms with Gasteiger partial charge in [0.2, 0.25) is 5.91 Å². The van der Waals surface area contributed by atoms with Gasteiger partial charge in [-0.25, -0.2) is 4.98 Å². The van der Waals surface area contributed by atoms with E-state index in [9.17, 15) is 9.59 Å². The van der Waals surface area contributed by atoms with Gasteiger partial charge in [-0.05, 0) is 53.9 Å². The largest absolute Gasteiger partial charge is 0.497 e. The number of methoxy groups -OCH3 is 1. The fourth-order valence-corrected chi connectivity index (χ4v) is 3.56. The summed E-state index contributed by atoms with van der Waals surface area (Å²) in [6.07, 6.45) is 1.60. The molecule has 1 aliphatic rings. The third kappa shape index (κ3) is 4.35. The van der Waals surface area contributed by atoms with Crippen LogP contribution in [-0.4, -0.2) is 23.9 Å². The van der Waals surface area contributed by atoms with Crippen LogP contribution < -0.4 is 20.1 Å². The predicted molar refractivity (Wildman–Crippen MR) is 117 cm³/mol. The molecule has 2 amide bonds. The summed E-state index contributed by atoms with van der Waals surface area (Å²) in [5, 5.41) is 5.71. The highest BCUT2D eigenvalue weighted by Gasteiger charge is 2.21. The van der Waals surface area contributed by atoms with Crippen LogP contribution in [0.4, 0.5) is 5.82 Å². The molecule has 158 valence electrons. The minimum Gasteiger partial charge on any atom is -0.497 e. The van der Waals surface area contributed by atoms with E-state index < -0.39 is 0 Å². The second kappa shape index (κ2) is 8.47. The zero-order valence-electron chi connectivity index (χ0n) is 17.6. The number of fused-ring (bicyclic) bond motifs is 3. The van der Waals surface area contributed by atoms with Crippen LogP contribution in [0.1, 0.15) is 41.4 Å². The smallest absolute Gasteiger partial charge is 0.251 e. The number of carbonyl (C=O) groups excluding carboxylic acids is 2. The third-order valence-corrected chi connectivity index (χ3v) is 5.15. The number of hydrogen-bond acceptors (Lipinski definition) is 5. The number of hydrogen-bond donors (Lipinski definition) is 2. The molecule has 4 rings (SSSR count). The van der Waals surface area contributed by atoms with Gasteiger partial charge in [0, 0.05) is 18.1 Å². The molecule has 2 heterocycles. The van der Waals surface area contributed by atoms with Gasteiger partial charge >= 0.3 is 0 Å². The van der Waals surface area contributed by atoms with Gasteiger partial charge in [0.15, 0.2) is 0 Å². The van der Waals surface area contributed by atoms with Gasteiger partial charge in [-0.15, -0.1) is 0 Å². The maximum atomic E-state index is 12.8. The quantitative estimate of drug-likeness (QED) is 0.652. The SMILES string of the molecule is COc1cccc([C@@H](C)NC(=O)c2ccc3c(c2)COc2cnc(NC(C)=O)cc2-3)c1. The summed E-state index contributed by atoms with van der Waals surface area (Å²) in [5.41, 5.74) is 4.19. The Hall–Kier alpha value is -3.87. The van der Waals surface area contributed by atoms with Crippen molar-refractivity contribution in [3.8, 4) is 22.6 Å². The van der Waals surface area contributed by atoms with Crippen molar-refractivity contribution in [2.75, 3.05) is 12.4 Å². The van der Waals surface area contributed by atoms with Crippen LogP contribution in [0.2, 0.25) is 0 Å². The number of nitrogens with zero attached hydrogens (tertiary/aromatic N) is 1. The molecule has 3 aromatic rings. The second-order valence-corrected chi connectivity index (χ2v) is 7.38. The minimum absolute atomic E-state index is 0.169. The summed E-state index contributed by atoms with van der Waals surface area (Å²) < 4.78 is 11.1. The lowest BCUT2D eigenvalue weighted by Gasteiger charge is -2.22. The number of rotatable bonds is 5. The Morgan fingerprint density at radius 1 is 1.13 bits per heavy atom. The van der Waals surface area contributed by atoms with Crippen LogP contribution in [0.25, 0.3) is 11.1 Å². The fourth-order valence-electron chi connectivity index (χ4n) is 3.56. The number of benzene rings is 2. The van der Waals surface area contributed by atoms with Gasteiger partial charge in [0.25, 0.3) is 5.91 Å². The molecule has 2 aromatic carbocycles. The van der Waals surface area contributed by atoms with Crippen LogP contribution in [-0.2, 0) is 11.4 Å². The van der Waals surface area contributed by atoms with Gasteiger partial charge in [-0.2, -0.15) is 0 Å². The first kappa shape index (κ1) is 20.4. The molecule has 1 atom stereocenters. The Balaban J connectivity index is 1.56. The van der Waals surface area contributed by atoms with Crippen molar-refractivity contribution in [1.29, 1.82) is 0 Å². The lowest BCUT2D eigenvalue weighted by Crippen LogP contribution is -2.27. The maximum Gasteiger partial charge on any atom is 0.251 e. The molecule has 7 heteroatoms. The van der Waals surface area contributed by atoms with Crippen LogP contribution >= 0.6 is 0 Å². The lowest BCUT2D eigenvalue weighted by atomic mass is 9.95. The number of aromatic nitrogens is 1. The van der Waals surface area contributed by atoms with Crippen LogP contribution in [0.5, 0.6) is 11.5 Å². The highest BCUT2D eigenvalue weighted by atomic mass is 16.5. The highest BCUT2D eigenvalue weighted by molar-refractivity contribution is 5.96. The second-order valence-electron chi connectivity index (χ2n) is 7.38. The first-order valence-electron chi connectivity index (χ1n) is 9.93. The maximum absolute atomic E-state index is 12.8. The molecule has 0 aliphatic carbocycles. The van der Waals surface area contributed by atoms with Gasteiger partial charge < -0.3 is 20.1 Å². The number of nitrogens with one attached hydrogen (secondary N) is 2. The van der Waals surface area contributed by atoms with Gasteiger partial charge in [0.05, 0.1) is 19.3 Å². The Bertz CT molecular complexity index is 1160. The molecule has 0 bridgehead atoms. The summed E-state index contributed by atoms with van der Waals surface area (Å²) in [6.45, 7) is 3.71. The monoisotopic (exact) mass is 417 g/mol. The molecular formula is C24H23N3O4. The van der Waals surface area contributed by atoms with Crippen molar-refractivity contribution >= 4 is 17.6 Å². The van der Waals surface area contributed by atoms with Crippen molar-refractivity contribution in [3.05, 3.63) is 71.4 Å². The summed E-state index contributed by atoms with van der Waals surface area (Å²) >= 11 is 0. The summed E-state index contributed by atoms with van der Waals surface area (Å²) in [5.74, 6) is 1.48. The van der Waals surface area contributed by atoms with Crippen molar-refractivity contribution in [1.82, 2.24) is 10.3 Å². The topological polar surface area (TPSA) is 89.6 Å². The Morgan fingerprint density at radius 2 is 1.97 bits per heavy atom. The number of pyridine rings is 1. The first-order chi connectivity index (χ1) is 14.9. The molecule has 7 nitrogen and oxygen atoms in total. The molecule has 0 saturated heterocycles. The molecule has 31 heavy (non-hydrogen) atoms. The van der Waals surface area contributed by atoms with Crippen molar-refractivity contribution in [3.63, 3.8) is 0 Å². The van der Waals surface area contributed by atoms with E-state index in [1.165, 1.54) is 6.92 Å². The molecule has 0 fully saturated rings. The number of amides is 2. The lowest BCUT2D eigenvalue weighted by molar-refractivity contribution is -0.114. The molecule has 0 unspecified atom stereocenters. The van der Waals surface area contributed by atoms with Crippen molar-refractivity contribution in [2.24, 2.45) is 0 Å². The summed E-state index contributed by atoms with van der Waals surface area (Å²) in [4.78, 5) is 28.4. The summed E-state index contributed by atoms with van der Waals surface area (Å²) in [7, 11) is 1.62. The molecular weight excluding hydrogens is 394 g/mol. The van der Waals surface area contributed by atoms with E-state index in [1.807, 2.05) is 43.3 Å². The first-order valence-corrected chi connectivity index (χ1v) is 9.93. The van der Waals surface area contributed by atoms with E-state index in [-0.39, 0.29) is 17.9 Å². The Morgan fingerprint density at radius 3 is 2.74 bits per heavy atom. The average molecular weight is 417 g/mol. The van der Waals surface area contributed by atoms with Crippen LogP contribution in [0, 0.1) is 0 Å². The van der Waals surface area contributed by atoms with E-state index in [0.29, 0.717) is 23.7 Å². The van der Waals surface area contributed by atoms with Gasteiger partial charge in [-0.3, -0.25) is 9.59 Å². The zero-order chi connectivity index (χ0) is 22.0. The van der Waals surface area contributed by atoms with Crippen molar-refractivity contribution < 1.29 is 19.1 Å². The van der Waals surface area contributed by atoms with Gasteiger partial charge in [-0.1, -0.05) is 18.2 Å². The predicted octanol–water partition coefficient (Wildman–Crippen LogP) is 4.10. The fraction of sp³-hybridized carbons (Fsp3) is 0.208. The molecule has 1 aliphatic heterocycles. The minimum atomic E-state index is -0.193. The van der Waals surface area contributed by atoms with E-state index in [2.05, 4.69) is 15.6 Å². The Labute approximate surface area is 180 Å². The standard InChI is InChI=1S/C24H23N3O4/c1-14(16-5-4-6-19(10-16)30-3)26-24(29)17-7-8-20-18(9-17)13-31-22-12-25-23(11-21(20)22)27-15(2)28/h4-12,14H,13H2,1-3H3,(H,26,29)(H,25,27,28)/t14-/m1/s1. The van der Waals surface area contributed by atoms with Crippen LogP contribution in [0.15, 0.2) is 54.7 Å². The van der Waals surface area contributed by atoms with E-state index in [4.69, 9.17) is 9.47 Å². The molecule has 0 spiro atoms. The van der Waals surface area contributed by atoms with E-state index >= 15 is 0 Å². The zero-order valence-corrected chi connectivity index (χ0v) is 17.6. The average Bonchev–Trinajstić information content (AvgIpc) is 2.78. The summed E-state index contributed by atoms with van der Waals surface area (Å²) in [6, 6.07) is 14.8. The number of carbonyl (C=O) groups is 2. The molecule has 2 N–H and O–H groups in total. The van der Waals surface area contributed by atoms with Gasteiger partial charge in [0.1, 0.15) is 23.9 Å². The molecule has 1 aromatic heterocycles. The van der Waals surface area contributed by atoms with Crippen molar-refractivity contribution in [2.45, 2.75) is 26.5 Å². The third-order valence-electron chi connectivity index (χ3n) is 5.15. The normalized spacial score (nSPS) is 12.6.